The largest absolute Gasteiger partial charge is 0.298 e. The molecule has 2 heterocycles. The maximum Gasteiger partial charge on any atom is 0.178 e. The van der Waals surface area contributed by atoms with E-state index in [9.17, 15) is 0 Å². The van der Waals surface area contributed by atoms with Crippen LogP contribution < -0.4 is 5.90 Å². The first-order chi connectivity index (χ1) is 7.79. The first kappa shape index (κ1) is 11.1. The Kier molecular flexibility index (Phi) is 3.55. The summed E-state index contributed by atoms with van der Waals surface area (Å²) < 4.78 is 0.831. The molecule has 5 nitrogen and oxygen atoms in total. The minimum atomic E-state index is 0.268. The van der Waals surface area contributed by atoms with Gasteiger partial charge in [-0.1, -0.05) is 6.07 Å². The fraction of sp³-hybridized carbons (Fsp3) is 0.100. The Labute approximate surface area is 101 Å². The van der Waals surface area contributed by atoms with Gasteiger partial charge >= 0.3 is 0 Å². The van der Waals surface area contributed by atoms with Crippen molar-refractivity contribution in [3.63, 3.8) is 0 Å². The number of pyridine rings is 1. The molecule has 82 valence electrons. The van der Waals surface area contributed by atoms with Crippen molar-refractivity contribution in [2.45, 2.75) is 6.61 Å². The lowest BCUT2D eigenvalue weighted by Crippen LogP contribution is -2.02. The Hall–Kier alpha value is -1.37. The molecule has 0 fully saturated rings. The molecule has 0 amide bonds. The third-order valence-electron chi connectivity index (χ3n) is 1.89. The molecule has 2 N–H and O–H groups in total. The molecule has 0 aliphatic rings. The van der Waals surface area contributed by atoms with Crippen LogP contribution in [0.1, 0.15) is 5.69 Å². The molecular formula is C10H9BrN4O. The Morgan fingerprint density at radius 3 is 2.69 bits per heavy atom. The lowest BCUT2D eigenvalue weighted by atomic mass is 10.3. The predicted octanol–water partition coefficient (Wildman–Crippen LogP) is 1.69. The van der Waals surface area contributed by atoms with Crippen LogP contribution in [0.4, 0.5) is 0 Å². The Balaban J connectivity index is 2.32. The van der Waals surface area contributed by atoms with Crippen molar-refractivity contribution in [2.75, 3.05) is 0 Å². The van der Waals surface area contributed by atoms with E-state index in [1.165, 1.54) is 0 Å². The molecular weight excluding hydrogens is 272 g/mol. The van der Waals surface area contributed by atoms with Gasteiger partial charge in [0.15, 0.2) is 5.82 Å². The summed E-state index contributed by atoms with van der Waals surface area (Å²) >= 11 is 3.28. The quantitative estimate of drug-likeness (QED) is 0.866. The van der Waals surface area contributed by atoms with E-state index in [1.807, 2.05) is 18.2 Å². The molecule has 16 heavy (non-hydrogen) atoms. The molecule has 0 spiro atoms. The maximum atomic E-state index is 4.99. The summed E-state index contributed by atoms with van der Waals surface area (Å²) in [6, 6.07) is 5.53. The molecule has 0 unspecified atom stereocenters. The minimum absolute atomic E-state index is 0.268. The van der Waals surface area contributed by atoms with Crippen LogP contribution in [0.3, 0.4) is 0 Å². The van der Waals surface area contributed by atoms with Gasteiger partial charge in [0, 0.05) is 12.4 Å². The van der Waals surface area contributed by atoms with Crippen molar-refractivity contribution in [3.8, 4) is 11.5 Å². The molecule has 0 saturated heterocycles. The second kappa shape index (κ2) is 5.11. The molecule has 2 aromatic rings. The molecule has 0 atom stereocenters. The first-order valence-electron chi connectivity index (χ1n) is 4.55. The van der Waals surface area contributed by atoms with Crippen LogP contribution in [0.5, 0.6) is 0 Å². The second-order valence-electron chi connectivity index (χ2n) is 3.05. The number of hydrogen-bond acceptors (Lipinski definition) is 5. The van der Waals surface area contributed by atoms with Crippen LogP contribution in [0.15, 0.2) is 35.1 Å². The van der Waals surface area contributed by atoms with Gasteiger partial charge in [0.1, 0.15) is 12.3 Å². The van der Waals surface area contributed by atoms with E-state index in [2.05, 4.69) is 35.7 Å². The normalized spacial score (nSPS) is 10.4. The highest BCUT2D eigenvalue weighted by Crippen LogP contribution is 2.14. The minimum Gasteiger partial charge on any atom is -0.298 e. The molecule has 0 radical (unpaired) electrons. The summed E-state index contributed by atoms with van der Waals surface area (Å²) in [6.45, 7) is 0.268. The summed E-state index contributed by atoms with van der Waals surface area (Å²) in [6.07, 6.45) is 3.35. The summed E-state index contributed by atoms with van der Waals surface area (Å²) in [4.78, 5) is 17.2. The average molecular weight is 281 g/mol. The van der Waals surface area contributed by atoms with Crippen LogP contribution in [0.2, 0.25) is 0 Å². The number of rotatable bonds is 3. The van der Waals surface area contributed by atoms with Crippen molar-refractivity contribution in [2.24, 2.45) is 5.90 Å². The topological polar surface area (TPSA) is 73.9 Å². The van der Waals surface area contributed by atoms with Gasteiger partial charge in [0.05, 0.1) is 10.2 Å². The molecule has 0 aliphatic heterocycles. The van der Waals surface area contributed by atoms with Crippen molar-refractivity contribution >= 4 is 15.9 Å². The highest BCUT2D eigenvalue weighted by atomic mass is 79.9. The highest BCUT2D eigenvalue weighted by Gasteiger charge is 2.03. The van der Waals surface area contributed by atoms with E-state index in [0.717, 1.165) is 10.2 Å². The van der Waals surface area contributed by atoms with Gasteiger partial charge in [-0.3, -0.25) is 4.84 Å². The lowest BCUT2D eigenvalue weighted by molar-refractivity contribution is 0.121. The van der Waals surface area contributed by atoms with Crippen molar-refractivity contribution in [1.29, 1.82) is 0 Å². The standard InChI is InChI=1S/C10H9BrN4O/c11-7-4-13-10(14-5-7)9-3-1-2-8(15-9)6-16-12/h1-5H,6,12H2. The number of nitrogens with zero attached hydrogens (tertiary/aromatic N) is 3. The fourth-order valence-corrected chi connectivity index (χ4v) is 1.42. The zero-order chi connectivity index (χ0) is 11.4. The second-order valence-corrected chi connectivity index (χ2v) is 3.97. The number of nitrogens with two attached hydrogens (primary N) is 1. The van der Waals surface area contributed by atoms with Crippen LogP contribution in [-0.2, 0) is 11.4 Å². The zero-order valence-corrected chi connectivity index (χ0v) is 9.89. The van der Waals surface area contributed by atoms with Gasteiger partial charge in [-0.15, -0.1) is 0 Å². The average Bonchev–Trinajstić information content (AvgIpc) is 2.31. The molecule has 0 aliphatic carbocycles. The summed E-state index contributed by atoms with van der Waals surface area (Å²) in [7, 11) is 0. The SMILES string of the molecule is NOCc1cccc(-c2ncc(Br)cn2)n1. The zero-order valence-electron chi connectivity index (χ0n) is 8.30. The van der Waals surface area contributed by atoms with Crippen LogP contribution in [-0.4, -0.2) is 15.0 Å². The van der Waals surface area contributed by atoms with Crippen LogP contribution >= 0.6 is 15.9 Å². The monoisotopic (exact) mass is 280 g/mol. The van der Waals surface area contributed by atoms with E-state index in [4.69, 9.17) is 5.90 Å². The van der Waals surface area contributed by atoms with E-state index in [1.54, 1.807) is 12.4 Å². The number of aromatic nitrogens is 3. The molecule has 0 aromatic carbocycles. The molecule has 2 rings (SSSR count). The summed E-state index contributed by atoms with van der Waals surface area (Å²) in [5.41, 5.74) is 1.44. The highest BCUT2D eigenvalue weighted by molar-refractivity contribution is 9.10. The van der Waals surface area contributed by atoms with E-state index in [-0.39, 0.29) is 6.61 Å². The van der Waals surface area contributed by atoms with E-state index < -0.39 is 0 Å². The smallest absolute Gasteiger partial charge is 0.178 e. The van der Waals surface area contributed by atoms with Crippen LogP contribution in [0.25, 0.3) is 11.5 Å². The first-order valence-corrected chi connectivity index (χ1v) is 5.34. The van der Waals surface area contributed by atoms with Gasteiger partial charge in [-0.25, -0.2) is 20.8 Å². The van der Waals surface area contributed by atoms with Gasteiger partial charge in [-0.05, 0) is 28.1 Å². The van der Waals surface area contributed by atoms with Gasteiger partial charge in [0.25, 0.3) is 0 Å². The molecule has 2 aromatic heterocycles. The van der Waals surface area contributed by atoms with Crippen molar-refractivity contribution in [3.05, 3.63) is 40.8 Å². The molecule has 0 bridgehead atoms. The summed E-state index contributed by atoms with van der Waals surface area (Å²) in [5, 5.41) is 0. The van der Waals surface area contributed by atoms with Crippen molar-refractivity contribution < 1.29 is 4.84 Å². The Morgan fingerprint density at radius 1 is 1.25 bits per heavy atom. The Bertz CT molecular complexity index is 475. The molecule has 6 heteroatoms. The number of hydrogen-bond donors (Lipinski definition) is 1. The summed E-state index contributed by atoms with van der Waals surface area (Å²) in [5.74, 6) is 5.56. The van der Waals surface area contributed by atoms with Gasteiger partial charge < -0.3 is 0 Å². The third kappa shape index (κ3) is 2.60. The van der Waals surface area contributed by atoms with E-state index >= 15 is 0 Å². The lowest BCUT2D eigenvalue weighted by Gasteiger charge is -2.02. The predicted molar refractivity (Wildman–Crippen MR) is 61.9 cm³/mol. The maximum absolute atomic E-state index is 4.99. The Morgan fingerprint density at radius 2 is 2.00 bits per heavy atom. The van der Waals surface area contributed by atoms with Crippen LogP contribution in [0, 0.1) is 0 Å². The fourth-order valence-electron chi connectivity index (χ4n) is 1.21. The van der Waals surface area contributed by atoms with Gasteiger partial charge in [0.2, 0.25) is 0 Å². The third-order valence-corrected chi connectivity index (χ3v) is 2.30. The molecule has 0 saturated carbocycles. The van der Waals surface area contributed by atoms with Gasteiger partial charge in [-0.2, -0.15) is 0 Å². The van der Waals surface area contributed by atoms with Crippen molar-refractivity contribution in [1.82, 2.24) is 15.0 Å². The van der Waals surface area contributed by atoms with E-state index in [0.29, 0.717) is 11.5 Å². The number of halogens is 1.